The molecular weight excluding hydrogens is 170 g/mol. The van der Waals surface area contributed by atoms with Crippen LogP contribution in [0.3, 0.4) is 0 Å². The lowest BCUT2D eigenvalue weighted by molar-refractivity contribution is 0.479. The standard InChI is InChI=1S/C8H7ClF2/c1-5-6(4-10)2-7(9)3-8(5)11/h2-3H,4H2,1H3. The van der Waals surface area contributed by atoms with E-state index in [1.165, 1.54) is 19.1 Å². The summed E-state index contributed by atoms with van der Waals surface area (Å²) in [6, 6.07) is 2.61. The van der Waals surface area contributed by atoms with Gasteiger partial charge in [0.1, 0.15) is 12.5 Å². The van der Waals surface area contributed by atoms with Gasteiger partial charge in [-0.3, -0.25) is 0 Å². The first-order valence-corrected chi connectivity index (χ1v) is 3.53. The highest BCUT2D eigenvalue weighted by atomic mass is 35.5. The largest absolute Gasteiger partial charge is 0.246 e. The van der Waals surface area contributed by atoms with Crippen molar-refractivity contribution in [2.45, 2.75) is 13.6 Å². The van der Waals surface area contributed by atoms with Gasteiger partial charge in [-0.25, -0.2) is 8.78 Å². The minimum Gasteiger partial charge on any atom is -0.246 e. The van der Waals surface area contributed by atoms with Crippen molar-refractivity contribution in [3.63, 3.8) is 0 Å². The lowest BCUT2D eigenvalue weighted by atomic mass is 10.1. The van der Waals surface area contributed by atoms with Crippen LogP contribution in [0.1, 0.15) is 11.1 Å². The van der Waals surface area contributed by atoms with Crippen molar-refractivity contribution in [2.75, 3.05) is 0 Å². The van der Waals surface area contributed by atoms with E-state index < -0.39 is 12.5 Å². The van der Waals surface area contributed by atoms with Crippen LogP contribution in [0.2, 0.25) is 5.02 Å². The third-order valence-corrected chi connectivity index (χ3v) is 1.78. The fourth-order valence-electron chi connectivity index (χ4n) is 0.838. The minimum atomic E-state index is -0.677. The van der Waals surface area contributed by atoms with Gasteiger partial charge in [0.05, 0.1) is 0 Å². The predicted octanol–water partition coefficient (Wildman–Crippen LogP) is 3.26. The molecule has 0 heterocycles. The third-order valence-electron chi connectivity index (χ3n) is 1.56. The van der Waals surface area contributed by atoms with Crippen LogP contribution in [-0.2, 0) is 6.67 Å². The van der Waals surface area contributed by atoms with E-state index in [0.717, 1.165) is 0 Å². The van der Waals surface area contributed by atoms with Crippen molar-refractivity contribution in [1.82, 2.24) is 0 Å². The number of alkyl halides is 1. The smallest absolute Gasteiger partial charge is 0.127 e. The number of rotatable bonds is 1. The Balaban J connectivity index is 3.24. The first-order valence-electron chi connectivity index (χ1n) is 3.15. The zero-order valence-electron chi connectivity index (χ0n) is 6.00. The molecule has 11 heavy (non-hydrogen) atoms. The van der Waals surface area contributed by atoms with Crippen molar-refractivity contribution < 1.29 is 8.78 Å². The van der Waals surface area contributed by atoms with Gasteiger partial charge >= 0.3 is 0 Å². The van der Waals surface area contributed by atoms with Gasteiger partial charge in [-0.2, -0.15) is 0 Å². The molecule has 0 aliphatic carbocycles. The van der Waals surface area contributed by atoms with Crippen LogP contribution in [-0.4, -0.2) is 0 Å². The molecule has 3 heteroatoms. The third kappa shape index (κ3) is 1.69. The van der Waals surface area contributed by atoms with Gasteiger partial charge < -0.3 is 0 Å². The van der Waals surface area contributed by atoms with E-state index in [9.17, 15) is 8.78 Å². The molecule has 0 bridgehead atoms. The van der Waals surface area contributed by atoms with Gasteiger partial charge in [0.2, 0.25) is 0 Å². The Labute approximate surface area is 68.8 Å². The van der Waals surface area contributed by atoms with Gasteiger partial charge in [0.15, 0.2) is 0 Å². The monoisotopic (exact) mass is 176 g/mol. The maximum atomic E-state index is 12.8. The molecule has 0 saturated heterocycles. The normalized spacial score (nSPS) is 10.2. The van der Waals surface area contributed by atoms with E-state index >= 15 is 0 Å². The Bertz CT molecular complexity index is 271. The highest BCUT2D eigenvalue weighted by molar-refractivity contribution is 6.30. The Morgan fingerprint density at radius 2 is 2.09 bits per heavy atom. The van der Waals surface area contributed by atoms with Crippen LogP contribution >= 0.6 is 11.6 Å². The zero-order valence-corrected chi connectivity index (χ0v) is 6.75. The van der Waals surface area contributed by atoms with Crippen LogP contribution in [0, 0.1) is 12.7 Å². The van der Waals surface area contributed by atoms with Gasteiger partial charge in [0.25, 0.3) is 0 Å². The van der Waals surface area contributed by atoms with E-state index in [-0.39, 0.29) is 5.02 Å². The Hall–Kier alpha value is -0.630. The van der Waals surface area contributed by atoms with Gasteiger partial charge in [0, 0.05) is 5.02 Å². The van der Waals surface area contributed by atoms with Crippen LogP contribution < -0.4 is 0 Å². The number of halogens is 3. The quantitative estimate of drug-likeness (QED) is 0.616. The highest BCUT2D eigenvalue weighted by Crippen LogP contribution is 2.19. The summed E-state index contributed by atoms with van der Waals surface area (Å²) in [7, 11) is 0. The molecule has 0 saturated carbocycles. The van der Waals surface area contributed by atoms with E-state index in [2.05, 4.69) is 0 Å². The second kappa shape index (κ2) is 3.18. The molecule has 60 valence electrons. The molecule has 1 rings (SSSR count). The summed E-state index contributed by atoms with van der Waals surface area (Å²) in [6.07, 6.45) is 0. The average Bonchev–Trinajstić information content (AvgIpc) is 1.96. The maximum absolute atomic E-state index is 12.8. The van der Waals surface area contributed by atoms with Crippen LogP contribution in [0.15, 0.2) is 12.1 Å². The van der Waals surface area contributed by atoms with Gasteiger partial charge in [-0.1, -0.05) is 11.6 Å². The summed E-state index contributed by atoms with van der Waals surface area (Å²) in [6.45, 7) is 0.851. The summed E-state index contributed by atoms with van der Waals surface area (Å²) in [4.78, 5) is 0. The van der Waals surface area contributed by atoms with Crippen molar-refractivity contribution in [3.8, 4) is 0 Å². The first-order chi connectivity index (χ1) is 5.15. The molecule has 0 aliphatic rings. The summed E-state index contributed by atoms with van der Waals surface area (Å²) >= 11 is 5.49. The summed E-state index contributed by atoms with van der Waals surface area (Å²) in [5.41, 5.74) is 0.645. The topological polar surface area (TPSA) is 0 Å². The molecule has 0 fully saturated rings. The molecule has 0 nitrogen and oxygen atoms in total. The molecule has 0 spiro atoms. The molecule has 1 aromatic carbocycles. The number of benzene rings is 1. The summed E-state index contributed by atoms with van der Waals surface area (Å²) < 4.78 is 24.9. The number of hydrogen-bond acceptors (Lipinski definition) is 0. The van der Waals surface area contributed by atoms with E-state index in [1.807, 2.05) is 0 Å². The molecule has 0 N–H and O–H groups in total. The van der Waals surface area contributed by atoms with E-state index in [1.54, 1.807) is 0 Å². The molecule has 0 aromatic heterocycles. The molecule has 0 amide bonds. The van der Waals surface area contributed by atoms with Crippen molar-refractivity contribution >= 4 is 11.6 Å². The number of hydrogen-bond donors (Lipinski definition) is 0. The summed E-state index contributed by atoms with van der Waals surface area (Å²) in [5.74, 6) is -0.454. The Morgan fingerprint density at radius 3 is 2.64 bits per heavy atom. The molecule has 0 atom stereocenters. The molecular formula is C8H7ClF2. The second-order valence-corrected chi connectivity index (χ2v) is 2.74. The Kier molecular flexibility index (Phi) is 2.45. The van der Waals surface area contributed by atoms with Crippen LogP contribution in [0.25, 0.3) is 0 Å². The fourth-order valence-corrected chi connectivity index (χ4v) is 1.07. The molecule has 0 aliphatic heterocycles. The lowest BCUT2D eigenvalue weighted by Crippen LogP contribution is -1.89. The summed E-state index contributed by atoms with van der Waals surface area (Å²) in [5, 5.41) is 0.237. The predicted molar refractivity (Wildman–Crippen MR) is 41.0 cm³/mol. The maximum Gasteiger partial charge on any atom is 0.127 e. The molecule has 0 unspecified atom stereocenters. The van der Waals surface area contributed by atoms with Gasteiger partial charge in [-0.05, 0) is 30.2 Å². The molecule has 0 radical (unpaired) electrons. The first kappa shape index (κ1) is 8.47. The van der Waals surface area contributed by atoms with E-state index in [0.29, 0.717) is 11.1 Å². The van der Waals surface area contributed by atoms with Crippen molar-refractivity contribution in [2.24, 2.45) is 0 Å². The second-order valence-electron chi connectivity index (χ2n) is 2.31. The Morgan fingerprint density at radius 1 is 1.45 bits per heavy atom. The fraction of sp³-hybridized carbons (Fsp3) is 0.250. The minimum absolute atomic E-state index is 0.237. The average molecular weight is 177 g/mol. The SMILES string of the molecule is Cc1c(F)cc(Cl)cc1CF. The van der Waals surface area contributed by atoms with Crippen LogP contribution in [0.4, 0.5) is 8.78 Å². The molecule has 1 aromatic rings. The zero-order chi connectivity index (χ0) is 8.43. The highest BCUT2D eigenvalue weighted by Gasteiger charge is 2.04. The van der Waals surface area contributed by atoms with Crippen molar-refractivity contribution in [1.29, 1.82) is 0 Å². The van der Waals surface area contributed by atoms with Gasteiger partial charge in [-0.15, -0.1) is 0 Å². The lowest BCUT2D eigenvalue weighted by Gasteiger charge is -2.02. The van der Waals surface area contributed by atoms with E-state index in [4.69, 9.17) is 11.6 Å². The van der Waals surface area contributed by atoms with Crippen LogP contribution in [0.5, 0.6) is 0 Å². The van der Waals surface area contributed by atoms with Crippen molar-refractivity contribution in [3.05, 3.63) is 34.1 Å².